The summed E-state index contributed by atoms with van der Waals surface area (Å²) in [5, 5.41) is 69.8. The molecule has 10 atom stereocenters. The van der Waals surface area contributed by atoms with Crippen molar-refractivity contribution in [3.05, 3.63) is 30.3 Å². The van der Waals surface area contributed by atoms with Crippen LogP contribution in [0.1, 0.15) is 0 Å². The highest BCUT2D eigenvalue weighted by molar-refractivity contribution is 7.99. The van der Waals surface area contributed by atoms with E-state index in [0.29, 0.717) is 0 Å². The van der Waals surface area contributed by atoms with Crippen molar-refractivity contribution in [3.8, 4) is 0 Å². The Labute approximate surface area is 171 Å². The Hall–Kier alpha value is -0.830. The average Bonchev–Trinajstić information content (AvgIpc) is 2.74. The van der Waals surface area contributed by atoms with Gasteiger partial charge in [0.2, 0.25) is 0 Å². The lowest BCUT2D eigenvalue weighted by Gasteiger charge is -2.46. The van der Waals surface area contributed by atoms with Crippen LogP contribution in [0.4, 0.5) is 0 Å². The number of aliphatic hydroxyl groups is 7. The van der Waals surface area contributed by atoms with Gasteiger partial charge >= 0.3 is 0 Å². The summed E-state index contributed by atoms with van der Waals surface area (Å²) >= 11 is 1.16. The molecular weight excluding hydrogens is 408 g/mol. The number of rotatable bonds is 6. The van der Waals surface area contributed by atoms with Crippen molar-refractivity contribution >= 4 is 11.8 Å². The highest BCUT2D eigenvalue weighted by atomic mass is 32.2. The van der Waals surface area contributed by atoms with Crippen molar-refractivity contribution in [3.63, 3.8) is 0 Å². The number of aliphatic hydroxyl groups excluding tert-OH is 7. The zero-order valence-electron chi connectivity index (χ0n) is 15.3. The van der Waals surface area contributed by atoms with Crippen molar-refractivity contribution in [2.45, 2.75) is 65.5 Å². The molecule has 11 heteroatoms. The standard InChI is InChI=1S/C18H26O10S/c19-6-9-11(21)12(22)14(24)17(26-9)28-16-10(7-20)27-18(15(25)13(16)23)29-8-4-2-1-3-5-8/h1-5,9-25H,6-7H2/t9-,10-,11+,12+,13-,14+,15-,16+,17+,18+/m0/s1. The Morgan fingerprint density at radius 1 is 0.759 bits per heavy atom. The summed E-state index contributed by atoms with van der Waals surface area (Å²) in [4.78, 5) is 0.786. The molecule has 29 heavy (non-hydrogen) atoms. The third-order valence-corrected chi connectivity index (χ3v) is 6.12. The lowest BCUT2D eigenvalue weighted by Crippen LogP contribution is -2.64. The van der Waals surface area contributed by atoms with Crippen LogP contribution in [0.25, 0.3) is 0 Å². The first-order chi connectivity index (χ1) is 13.9. The molecule has 0 radical (unpaired) electrons. The minimum Gasteiger partial charge on any atom is -0.394 e. The second-order valence-corrected chi connectivity index (χ2v) is 8.11. The fourth-order valence-electron chi connectivity index (χ4n) is 3.29. The molecule has 2 saturated heterocycles. The van der Waals surface area contributed by atoms with E-state index >= 15 is 0 Å². The molecular formula is C18H26O10S. The van der Waals surface area contributed by atoms with E-state index in [4.69, 9.17) is 14.2 Å². The van der Waals surface area contributed by atoms with E-state index in [9.17, 15) is 35.7 Å². The zero-order chi connectivity index (χ0) is 21.1. The molecule has 0 aliphatic carbocycles. The van der Waals surface area contributed by atoms with E-state index in [0.717, 1.165) is 16.7 Å². The highest BCUT2D eigenvalue weighted by Crippen LogP contribution is 2.35. The normalized spacial score (nSPS) is 43.3. The van der Waals surface area contributed by atoms with Crippen LogP contribution in [-0.2, 0) is 14.2 Å². The van der Waals surface area contributed by atoms with Gasteiger partial charge in [-0.15, -0.1) is 0 Å². The highest BCUT2D eigenvalue weighted by Gasteiger charge is 2.50. The maximum atomic E-state index is 10.6. The van der Waals surface area contributed by atoms with E-state index in [1.807, 2.05) is 18.2 Å². The van der Waals surface area contributed by atoms with Crippen molar-refractivity contribution in [1.82, 2.24) is 0 Å². The minimum absolute atomic E-state index is 0.558. The van der Waals surface area contributed by atoms with E-state index in [1.54, 1.807) is 12.1 Å². The van der Waals surface area contributed by atoms with Gasteiger partial charge in [-0.05, 0) is 12.1 Å². The molecule has 1 aromatic carbocycles. The second kappa shape index (κ2) is 9.98. The van der Waals surface area contributed by atoms with Crippen LogP contribution in [0, 0.1) is 0 Å². The maximum absolute atomic E-state index is 10.6. The lowest BCUT2D eigenvalue weighted by molar-refractivity contribution is -0.338. The summed E-state index contributed by atoms with van der Waals surface area (Å²) in [6.45, 7) is -1.20. The molecule has 2 aliphatic heterocycles. The van der Waals surface area contributed by atoms with Crippen LogP contribution in [0.15, 0.2) is 35.2 Å². The van der Waals surface area contributed by atoms with Crippen molar-refractivity contribution in [2.75, 3.05) is 13.2 Å². The van der Waals surface area contributed by atoms with Gasteiger partial charge in [-0.3, -0.25) is 0 Å². The summed E-state index contributed by atoms with van der Waals surface area (Å²) in [5.74, 6) is 0. The molecule has 10 nitrogen and oxygen atoms in total. The second-order valence-electron chi connectivity index (χ2n) is 6.94. The molecule has 0 aromatic heterocycles. The van der Waals surface area contributed by atoms with Crippen LogP contribution in [-0.4, -0.2) is 110 Å². The van der Waals surface area contributed by atoms with Crippen molar-refractivity contribution < 1.29 is 50.0 Å². The number of benzene rings is 1. The zero-order valence-corrected chi connectivity index (χ0v) is 16.2. The molecule has 0 amide bonds. The number of thioether (sulfide) groups is 1. The van der Waals surface area contributed by atoms with Gasteiger partial charge in [-0.1, -0.05) is 30.0 Å². The third-order valence-electron chi connectivity index (χ3n) is 4.96. The van der Waals surface area contributed by atoms with Crippen LogP contribution in [0.2, 0.25) is 0 Å². The predicted octanol–water partition coefficient (Wildman–Crippen LogP) is -2.60. The smallest absolute Gasteiger partial charge is 0.187 e. The van der Waals surface area contributed by atoms with E-state index in [2.05, 4.69) is 0 Å². The van der Waals surface area contributed by atoms with Gasteiger partial charge in [0.05, 0.1) is 13.2 Å². The molecule has 2 fully saturated rings. The predicted molar refractivity (Wildman–Crippen MR) is 98.7 cm³/mol. The first kappa shape index (κ1) is 22.8. The number of ether oxygens (including phenoxy) is 3. The van der Waals surface area contributed by atoms with Gasteiger partial charge in [-0.2, -0.15) is 0 Å². The molecule has 0 saturated carbocycles. The van der Waals surface area contributed by atoms with Crippen molar-refractivity contribution in [2.24, 2.45) is 0 Å². The SMILES string of the molecule is OC[C@@H]1O[C@H](O[C@H]2[C@@H](O)[C@H](O)[C@@H](Sc3ccccc3)O[C@H]2CO)[C@H](O)[C@H](O)[C@@H]1O. The quantitative estimate of drug-likeness (QED) is 0.251. The van der Waals surface area contributed by atoms with Crippen LogP contribution in [0.5, 0.6) is 0 Å². The van der Waals surface area contributed by atoms with Gasteiger partial charge in [0.25, 0.3) is 0 Å². The topological polar surface area (TPSA) is 169 Å². The van der Waals surface area contributed by atoms with Gasteiger partial charge in [0, 0.05) is 4.90 Å². The van der Waals surface area contributed by atoms with E-state index < -0.39 is 73.8 Å². The number of hydrogen-bond donors (Lipinski definition) is 7. The molecule has 1 aromatic rings. The van der Waals surface area contributed by atoms with Gasteiger partial charge in [0.15, 0.2) is 6.29 Å². The average molecular weight is 434 g/mol. The Bertz CT molecular complexity index is 632. The lowest BCUT2D eigenvalue weighted by atomic mass is 9.97. The van der Waals surface area contributed by atoms with E-state index in [-0.39, 0.29) is 0 Å². The molecule has 3 rings (SSSR count). The first-order valence-electron chi connectivity index (χ1n) is 9.17. The molecule has 2 aliphatic rings. The van der Waals surface area contributed by atoms with Crippen LogP contribution >= 0.6 is 11.8 Å². The molecule has 0 unspecified atom stereocenters. The van der Waals surface area contributed by atoms with Gasteiger partial charge in [-0.25, -0.2) is 0 Å². The molecule has 2 heterocycles. The van der Waals surface area contributed by atoms with Crippen LogP contribution < -0.4 is 0 Å². The van der Waals surface area contributed by atoms with Gasteiger partial charge in [0.1, 0.15) is 54.3 Å². The number of hydrogen-bond acceptors (Lipinski definition) is 11. The van der Waals surface area contributed by atoms with Crippen molar-refractivity contribution in [1.29, 1.82) is 0 Å². The molecule has 0 spiro atoms. The Kier molecular flexibility index (Phi) is 7.87. The monoisotopic (exact) mass is 434 g/mol. The summed E-state index contributed by atoms with van der Waals surface area (Å²) in [7, 11) is 0. The minimum atomic E-state index is -1.69. The molecule has 0 bridgehead atoms. The Morgan fingerprint density at radius 3 is 2.03 bits per heavy atom. The van der Waals surface area contributed by atoms with E-state index in [1.165, 1.54) is 0 Å². The third kappa shape index (κ3) is 4.92. The largest absolute Gasteiger partial charge is 0.394 e. The van der Waals surface area contributed by atoms with Crippen LogP contribution in [0.3, 0.4) is 0 Å². The summed E-state index contributed by atoms with van der Waals surface area (Å²) in [5.41, 5.74) is -0.890. The fourth-order valence-corrected chi connectivity index (χ4v) is 4.37. The van der Waals surface area contributed by atoms with Gasteiger partial charge < -0.3 is 50.0 Å². The molecule has 7 N–H and O–H groups in total. The fraction of sp³-hybridized carbons (Fsp3) is 0.667. The summed E-state index contributed by atoms with van der Waals surface area (Å²) in [6.07, 6.45) is -12.9. The summed E-state index contributed by atoms with van der Waals surface area (Å²) in [6, 6.07) is 9.05. The Morgan fingerprint density at radius 2 is 1.41 bits per heavy atom. The maximum Gasteiger partial charge on any atom is 0.187 e. The molecule has 164 valence electrons. The first-order valence-corrected chi connectivity index (χ1v) is 10.1. The summed E-state index contributed by atoms with van der Waals surface area (Å²) < 4.78 is 16.5. The Balaban J connectivity index is 1.71.